The second-order valence-electron chi connectivity index (χ2n) is 3.28. The number of hydrogen-bond acceptors (Lipinski definition) is 2. The van der Waals surface area contributed by atoms with Crippen LogP contribution >= 0.6 is 0 Å². The summed E-state index contributed by atoms with van der Waals surface area (Å²) in [6.45, 7) is 2.14. The highest BCUT2D eigenvalue weighted by molar-refractivity contribution is 5.57. The van der Waals surface area contributed by atoms with Crippen LogP contribution in [0.2, 0.25) is 0 Å². The van der Waals surface area contributed by atoms with Gasteiger partial charge >= 0.3 is 6.16 Å². The van der Waals surface area contributed by atoms with Gasteiger partial charge in [-0.25, -0.2) is 4.79 Å². The fourth-order valence-electron chi connectivity index (χ4n) is 1.63. The summed E-state index contributed by atoms with van der Waals surface area (Å²) in [5.41, 5.74) is 0. The van der Waals surface area contributed by atoms with Gasteiger partial charge in [0.2, 0.25) is 0 Å². The van der Waals surface area contributed by atoms with Gasteiger partial charge in [0.25, 0.3) is 0 Å². The Morgan fingerprint density at radius 1 is 1.55 bits per heavy atom. The monoisotopic (exact) mass is 158 g/mol. The van der Waals surface area contributed by atoms with Gasteiger partial charge in [-0.15, -0.1) is 0 Å². The standard InChI is InChI=1S/C8H14O3/c1-6-3-2-4-7(5-6)11-8(9)10/h6-7H,2-5H2,1H3,(H,9,10). The number of carbonyl (C=O) groups is 1. The van der Waals surface area contributed by atoms with E-state index in [9.17, 15) is 4.79 Å². The zero-order valence-electron chi connectivity index (χ0n) is 6.75. The van der Waals surface area contributed by atoms with Gasteiger partial charge in [0, 0.05) is 0 Å². The first kappa shape index (κ1) is 8.37. The van der Waals surface area contributed by atoms with Gasteiger partial charge in [0.1, 0.15) is 6.10 Å². The molecule has 1 N–H and O–H groups in total. The predicted molar refractivity (Wildman–Crippen MR) is 40.5 cm³/mol. The van der Waals surface area contributed by atoms with Gasteiger partial charge in [-0.05, 0) is 25.2 Å². The third-order valence-electron chi connectivity index (χ3n) is 2.16. The van der Waals surface area contributed by atoms with E-state index in [-0.39, 0.29) is 6.10 Å². The highest BCUT2D eigenvalue weighted by atomic mass is 16.7. The van der Waals surface area contributed by atoms with Crippen LogP contribution in [-0.4, -0.2) is 17.4 Å². The number of rotatable bonds is 1. The summed E-state index contributed by atoms with van der Waals surface area (Å²) in [6.07, 6.45) is 2.92. The maximum Gasteiger partial charge on any atom is 0.506 e. The maximum atomic E-state index is 10.2. The second kappa shape index (κ2) is 3.60. The van der Waals surface area contributed by atoms with Crippen molar-refractivity contribution in [1.29, 1.82) is 0 Å². The lowest BCUT2D eigenvalue weighted by Gasteiger charge is -2.25. The van der Waals surface area contributed by atoms with Gasteiger partial charge in [-0.3, -0.25) is 0 Å². The highest BCUT2D eigenvalue weighted by Gasteiger charge is 2.21. The van der Waals surface area contributed by atoms with Crippen molar-refractivity contribution in [3.05, 3.63) is 0 Å². The van der Waals surface area contributed by atoms with E-state index in [0.29, 0.717) is 5.92 Å². The molecule has 0 aromatic carbocycles. The molecule has 0 bridgehead atoms. The number of hydrogen-bond donors (Lipinski definition) is 1. The third kappa shape index (κ3) is 2.78. The molecule has 0 heterocycles. The molecule has 0 aromatic rings. The van der Waals surface area contributed by atoms with Crippen molar-refractivity contribution in [3.8, 4) is 0 Å². The summed E-state index contributed by atoms with van der Waals surface area (Å²) in [6, 6.07) is 0. The first-order valence-corrected chi connectivity index (χ1v) is 4.08. The van der Waals surface area contributed by atoms with Crippen molar-refractivity contribution in [3.63, 3.8) is 0 Å². The molecule has 1 aliphatic rings. The summed E-state index contributed by atoms with van der Waals surface area (Å²) >= 11 is 0. The minimum atomic E-state index is -1.14. The molecule has 64 valence electrons. The molecule has 0 aliphatic heterocycles. The van der Waals surface area contributed by atoms with Crippen LogP contribution in [0.4, 0.5) is 4.79 Å². The Bertz CT molecular complexity index is 144. The van der Waals surface area contributed by atoms with E-state index in [2.05, 4.69) is 11.7 Å². The van der Waals surface area contributed by atoms with Crippen LogP contribution < -0.4 is 0 Å². The zero-order chi connectivity index (χ0) is 8.27. The minimum absolute atomic E-state index is 0.0451. The lowest BCUT2D eigenvalue weighted by Crippen LogP contribution is -2.23. The summed E-state index contributed by atoms with van der Waals surface area (Å²) in [5.74, 6) is 0.619. The Balaban J connectivity index is 2.28. The summed E-state index contributed by atoms with van der Waals surface area (Å²) < 4.78 is 4.68. The number of ether oxygens (including phenoxy) is 1. The van der Waals surface area contributed by atoms with Gasteiger partial charge in [-0.2, -0.15) is 0 Å². The summed E-state index contributed by atoms with van der Waals surface area (Å²) in [5, 5.41) is 8.33. The SMILES string of the molecule is CC1CCCC(OC(=O)O)C1. The molecule has 0 amide bonds. The van der Waals surface area contributed by atoms with Crippen LogP contribution in [-0.2, 0) is 4.74 Å². The van der Waals surface area contributed by atoms with Crippen molar-refractivity contribution in [2.75, 3.05) is 0 Å². The molecule has 0 radical (unpaired) electrons. The average Bonchev–Trinajstić information content (AvgIpc) is 1.85. The summed E-state index contributed by atoms with van der Waals surface area (Å²) in [4.78, 5) is 10.2. The Morgan fingerprint density at radius 3 is 2.82 bits per heavy atom. The Hall–Kier alpha value is -0.730. The topological polar surface area (TPSA) is 46.5 Å². The molecule has 2 unspecified atom stereocenters. The molecule has 2 atom stereocenters. The maximum absolute atomic E-state index is 10.2. The van der Waals surface area contributed by atoms with E-state index in [1.54, 1.807) is 0 Å². The number of carboxylic acid groups (broad SMARTS) is 1. The van der Waals surface area contributed by atoms with Crippen LogP contribution in [0.15, 0.2) is 0 Å². The Kier molecular flexibility index (Phi) is 2.74. The normalized spacial score (nSPS) is 31.4. The molecule has 11 heavy (non-hydrogen) atoms. The first-order chi connectivity index (χ1) is 5.18. The quantitative estimate of drug-likeness (QED) is 0.595. The molecule has 1 saturated carbocycles. The lowest BCUT2D eigenvalue weighted by atomic mass is 9.89. The molecular weight excluding hydrogens is 144 g/mol. The molecule has 1 fully saturated rings. The van der Waals surface area contributed by atoms with E-state index in [4.69, 9.17) is 5.11 Å². The second-order valence-corrected chi connectivity index (χ2v) is 3.28. The van der Waals surface area contributed by atoms with Crippen LogP contribution in [0.5, 0.6) is 0 Å². The van der Waals surface area contributed by atoms with Crippen LogP contribution in [0.3, 0.4) is 0 Å². The van der Waals surface area contributed by atoms with Crippen molar-refractivity contribution >= 4 is 6.16 Å². The fraction of sp³-hybridized carbons (Fsp3) is 0.875. The van der Waals surface area contributed by atoms with Crippen molar-refractivity contribution in [2.45, 2.75) is 38.7 Å². The predicted octanol–water partition coefficient (Wildman–Crippen LogP) is 2.26. The fourth-order valence-corrected chi connectivity index (χ4v) is 1.63. The highest BCUT2D eigenvalue weighted by Crippen LogP contribution is 2.25. The van der Waals surface area contributed by atoms with Crippen LogP contribution in [0.25, 0.3) is 0 Å². The van der Waals surface area contributed by atoms with E-state index in [1.165, 1.54) is 6.42 Å². The van der Waals surface area contributed by atoms with Gasteiger partial charge in [-0.1, -0.05) is 13.3 Å². The Morgan fingerprint density at radius 2 is 2.27 bits per heavy atom. The molecule has 3 heteroatoms. The minimum Gasteiger partial charge on any atom is -0.450 e. The van der Waals surface area contributed by atoms with Crippen molar-refractivity contribution < 1.29 is 14.6 Å². The smallest absolute Gasteiger partial charge is 0.450 e. The molecule has 3 nitrogen and oxygen atoms in total. The molecule has 0 spiro atoms. The van der Waals surface area contributed by atoms with E-state index in [0.717, 1.165) is 19.3 Å². The Labute approximate surface area is 66.4 Å². The first-order valence-electron chi connectivity index (χ1n) is 4.08. The molecule has 0 saturated heterocycles. The molecule has 1 rings (SSSR count). The van der Waals surface area contributed by atoms with E-state index >= 15 is 0 Å². The molecule has 1 aliphatic carbocycles. The third-order valence-corrected chi connectivity index (χ3v) is 2.16. The summed E-state index contributed by atoms with van der Waals surface area (Å²) in [7, 11) is 0. The van der Waals surface area contributed by atoms with Crippen LogP contribution in [0.1, 0.15) is 32.6 Å². The van der Waals surface area contributed by atoms with Gasteiger partial charge in [0.05, 0.1) is 0 Å². The van der Waals surface area contributed by atoms with Crippen molar-refractivity contribution in [2.24, 2.45) is 5.92 Å². The van der Waals surface area contributed by atoms with E-state index in [1.807, 2.05) is 0 Å². The van der Waals surface area contributed by atoms with Crippen LogP contribution in [0, 0.1) is 5.92 Å². The van der Waals surface area contributed by atoms with Gasteiger partial charge < -0.3 is 9.84 Å². The molecular formula is C8H14O3. The lowest BCUT2D eigenvalue weighted by molar-refractivity contribution is 0.0267. The largest absolute Gasteiger partial charge is 0.506 e. The van der Waals surface area contributed by atoms with E-state index < -0.39 is 6.16 Å². The molecule has 0 aromatic heterocycles. The van der Waals surface area contributed by atoms with Gasteiger partial charge in [0.15, 0.2) is 0 Å². The zero-order valence-corrected chi connectivity index (χ0v) is 6.75. The van der Waals surface area contributed by atoms with Crippen molar-refractivity contribution in [1.82, 2.24) is 0 Å². The average molecular weight is 158 g/mol.